The van der Waals surface area contributed by atoms with Gasteiger partial charge >= 0.3 is 5.97 Å². The molecule has 1 aliphatic carbocycles. The monoisotopic (exact) mass is 403 g/mol. The number of benzene rings is 1. The van der Waals surface area contributed by atoms with Crippen LogP contribution in [-0.2, 0) is 0 Å². The zero-order valence-electron chi connectivity index (χ0n) is 17.1. The van der Waals surface area contributed by atoms with E-state index >= 15 is 4.39 Å². The molecule has 1 atom stereocenters. The number of pyridine rings is 1. The summed E-state index contributed by atoms with van der Waals surface area (Å²) < 4.78 is 23.0. The summed E-state index contributed by atoms with van der Waals surface area (Å²) >= 11 is 0. The lowest BCUT2D eigenvalue weighted by Gasteiger charge is -2.27. The van der Waals surface area contributed by atoms with Gasteiger partial charge in [0.05, 0.1) is 18.0 Å². The summed E-state index contributed by atoms with van der Waals surface area (Å²) in [5.41, 5.74) is 5.90. The highest BCUT2D eigenvalue weighted by Crippen LogP contribution is 2.46. The van der Waals surface area contributed by atoms with Crippen LogP contribution in [0.4, 0.5) is 10.1 Å². The number of hydrogen-bond acceptors (Lipinski definition) is 5. The predicted molar refractivity (Wildman–Crippen MR) is 109 cm³/mol. The van der Waals surface area contributed by atoms with E-state index in [-0.39, 0.29) is 45.4 Å². The van der Waals surface area contributed by atoms with Gasteiger partial charge in [-0.1, -0.05) is 13.8 Å². The minimum absolute atomic E-state index is 0.0673. The number of nitrogens with two attached hydrogens (primary N) is 1. The Morgan fingerprint density at radius 2 is 2.03 bits per heavy atom. The van der Waals surface area contributed by atoms with E-state index in [0.717, 1.165) is 12.8 Å². The first kappa shape index (κ1) is 19.7. The van der Waals surface area contributed by atoms with Crippen LogP contribution in [0.3, 0.4) is 0 Å². The molecule has 2 aliphatic rings. The van der Waals surface area contributed by atoms with Crippen LogP contribution < -0.4 is 20.8 Å². The summed E-state index contributed by atoms with van der Waals surface area (Å²) in [7, 11) is 1.45. The van der Waals surface area contributed by atoms with Crippen molar-refractivity contribution in [2.45, 2.75) is 45.7 Å². The van der Waals surface area contributed by atoms with E-state index in [4.69, 9.17) is 10.5 Å². The molecule has 2 heterocycles. The first-order chi connectivity index (χ1) is 13.6. The van der Waals surface area contributed by atoms with Crippen molar-refractivity contribution in [1.82, 2.24) is 4.57 Å². The van der Waals surface area contributed by atoms with E-state index < -0.39 is 17.2 Å². The Hall–Kier alpha value is -2.61. The molecule has 1 aromatic carbocycles. The van der Waals surface area contributed by atoms with Gasteiger partial charge in [0.2, 0.25) is 5.43 Å². The zero-order chi connectivity index (χ0) is 21.2. The number of aromatic carboxylic acids is 1. The first-order valence-electron chi connectivity index (χ1n) is 9.77. The smallest absolute Gasteiger partial charge is 0.341 e. The molecule has 0 radical (unpaired) electrons. The van der Waals surface area contributed by atoms with Gasteiger partial charge in [-0.05, 0) is 25.2 Å². The van der Waals surface area contributed by atoms with E-state index in [9.17, 15) is 14.7 Å². The number of halogens is 1. The van der Waals surface area contributed by atoms with Gasteiger partial charge in [-0.25, -0.2) is 9.18 Å². The highest BCUT2D eigenvalue weighted by molar-refractivity contribution is 5.99. The van der Waals surface area contributed by atoms with Gasteiger partial charge in [0.25, 0.3) is 0 Å². The molecule has 1 saturated carbocycles. The Morgan fingerprint density at radius 3 is 2.52 bits per heavy atom. The van der Waals surface area contributed by atoms with Crippen LogP contribution in [0.1, 0.15) is 48.7 Å². The number of carboxylic acid groups (broad SMARTS) is 1. The number of anilines is 1. The minimum atomic E-state index is -1.32. The van der Waals surface area contributed by atoms with Crippen molar-refractivity contribution in [3.8, 4) is 5.75 Å². The molecule has 1 unspecified atom stereocenters. The predicted octanol–water partition coefficient (Wildman–Crippen LogP) is 2.66. The zero-order valence-corrected chi connectivity index (χ0v) is 17.1. The van der Waals surface area contributed by atoms with Crippen LogP contribution in [0.5, 0.6) is 5.75 Å². The maximum Gasteiger partial charge on any atom is 0.341 e. The van der Waals surface area contributed by atoms with E-state index in [1.807, 2.05) is 18.7 Å². The van der Waals surface area contributed by atoms with Crippen LogP contribution >= 0.6 is 0 Å². The van der Waals surface area contributed by atoms with Gasteiger partial charge in [0, 0.05) is 36.9 Å². The van der Waals surface area contributed by atoms with E-state index in [0.29, 0.717) is 18.6 Å². The molecule has 2 aromatic rings. The Labute approximate surface area is 167 Å². The summed E-state index contributed by atoms with van der Waals surface area (Å²) in [6.45, 7) is 6.61. The third kappa shape index (κ3) is 2.88. The Balaban J connectivity index is 2.09. The topological polar surface area (TPSA) is 97.8 Å². The number of aromatic nitrogens is 1. The summed E-state index contributed by atoms with van der Waals surface area (Å²) in [4.78, 5) is 26.5. The average Bonchev–Trinajstić information content (AvgIpc) is 3.44. The lowest BCUT2D eigenvalue weighted by Crippen LogP contribution is -2.35. The maximum absolute atomic E-state index is 15.6. The van der Waals surface area contributed by atoms with Crippen LogP contribution in [-0.4, -0.2) is 41.9 Å². The Kier molecular flexibility index (Phi) is 4.38. The van der Waals surface area contributed by atoms with Crippen molar-refractivity contribution in [1.29, 1.82) is 0 Å². The third-order valence-electron chi connectivity index (χ3n) is 6.29. The highest BCUT2D eigenvalue weighted by atomic mass is 19.1. The van der Waals surface area contributed by atoms with Gasteiger partial charge in [0.15, 0.2) is 11.6 Å². The van der Waals surface area contributed by atoms with Gasteiger partial charge in [-0.2, -0.15) is 0 Å². The summed E-state index contributed by atoms with van der Waals surface area (Å²) in [6.07, 6.45) is 3.11. The molecule has 156 valence electrons. The minimum Gasteiger partial charge on any atom is -0.492 e. The van der Waals surface area contributed by atoms with Gasteiger partial charge < -0.3 is 25.0 Å². The lowest BCUT2D eigenvalue weighted by molar-refractivity contribution is 0.0695. The lowest BCUT2D eigenvalue weighted by atomic mass is 9.89. The number of methoxy groups -OCH3 is 1. The quantitative estimate of drug-likeness (QED) is 0.815. The van der Waals surface area contributed by atoms with Gasteiger partial charge in [-0.3, -0.25) is 4.79 Å². The van der Waals surface area contributed by atoms with E-state index in [1.54, 1.807) is 4.57 Å². The van der Waals surface area contributed by atoms with Crippen LogP contribution in [0, 0.1) is 18.2 Å². The number of rotatable bonds is 4. The molecule has 1 aliphatic heterocycles. The molecule has 1 saturated heterocycles. The van der Waals surface area contributed by atoms with Crippen molar-refractivity contribution in [2.24, 2.45) is 11.1 Å². The molecule has 2 fully saturated rings. The summed E-state index contributed by atoms with van der Waals surface area (Å²) in [5, 5.41) is 9.56. The number of ether oxygens (including phenoxy) is 1. The highest BCUT2D eigenvalue weighted by Gasteiger charge is 2.40. The summed E-state index contributed by atoms with van der Waals surface area (Å²) in [6, 6.07) is -0.0669. The second-order valence-corrected chi connectivity index (χ2v) is 8.84. The fourth-order valence-electron chi connectivity index (χ4n) is 4.31. The standard InChI is InChI=1S/C21H26FN3O4/c1-10-14-16(25(11-5-6-11)7-12(18(14)26)20(27)28)19(29-4)17(15(10)22)24-8-13(23)21(2,3)9-24/h7,11,13H,5-6,8-9,23H2,1-4H3,(H,27,28). The van der Waals surface area contributed by atoms with Crippen LogP contribution in [0.2, 0.25) is 0 Å². The molecule has 29 heavy (non-hydrogen) atoms. The SMILES string of the molecule is COc1c(N2CC(N)C(C)(C)C2)c(F)c(C)c2c(=O)c(C(=O)O)cn(C3CC3)c12. The van der Waals surface area contributed by atoms with Gasteiger partial charge in [-0.15, -0.1) is 0 Å². The number of nitrogens with zero attached hydrogens (tertiary/aromatic N) is 2. The normalized spacial score (nSPS) is 21.0. The number of carboxylic acids is 1. The van der Waals surface area contributed by atoms with E-state index in [2.05, 4.69) is 0 Å². The van der Waals surface area contributed by atoms with Crippen molar-refractivity contribution in [3.63, 3.8) is 0 Å². The molecule has 8 heteroatoms. The second-order valence-electron chi connectivity index (χ2n) is 8.84. The molecule has 0 bridgehead atoms. The largest absolute Gasteiger partial charge is 0.492 e. The fraction of sp³-hybridized carbons (Fsp3) is 0.524. The Bertz CT molecular complexity index is 1090. The van der Waals surface area contributed by atoms with Crippen molar-refractivity contribution >= 4 is 22.6 Å². The fourth-order valence-corrected chi connectivity index (χ4v) is 4.31. The number of fused-ring (bicyclic) bond motifs is 1. The average molecular weight is 403 g/mol. The maximum atomic E-state index is 15.6. The molecule has 0 amide bonds. The first-order valence-corrected chi connectivity index (χ1v) is 9.77. The van der Waals surface area contributed by atoms with Crippen molar-refractivity contribution in [2.75, 3.05) is 25.1 Å². The Morgan fingerprint density at radius 1 is 1.38 bits per heavy atom. The summed E-state index contributed by atoms with van der Waals surface area (Å²) in [5.74, 6) is -1.63. The molecule has 1 aromatic heterocycles. The number of aryl methyl sites for hydroxylation is 1. The molecule has 4 rings (SSSR count). The van der Waals surface area contributed by atoms with Crippen molar-refractivity contribution < 1.29 is 19.0 Å². The van der Waals surface area contributed by atoms with E-state index in [1.165, 1.54) is 20.2 Å². The number of carbonyl (C=O) groups is 1. The molecular formula is C21H26FN3O4. The molecule has 3 N–H and O–H groups in total. The van der Waals surface area contributed by atoms with Crippen LogP contribution in [0.15, 0.2) is 11.0 Å². The van der Waals surface area contributed by atoms with Gasteiger partial charge in [0.1, 0.15) is 11.3 Å². The van der Waals surface area contributed by atoms with Crippen LogP contribution in [0.25, 0.3) is 10.9 Å². The van der Waals surface area contributed by atoms with Crippen molar-refractivity contribution in [3.05, 3.63) is 33.4 Å². The number of hydrogen-bond donors (Lipinski definition) is 2. The second kappa shape index (κ2) is 6.45. The molecule has 7 nitrogen and oxygen atoms in total. The molecule has 0 spiro atoms. The third-order valence-corrected chi connectivity index (χ3v) is 6.29. The molecular weight excluding hydrogens is 377 g/mol.